The molecular weight excluding hydrogens is 454 g/mol. The van der Waals surface area contributed by atoms with Gasteiger partial charge in [0.1, 0.15) is 16.5 Å². The zero-order chi connectivity index (χ0) is 21.7. The van der Waals surface area contributed by atoms with Crippen LogP contribution in [0.1, 0.15) is 11.3 Å². The zero-order valence-electron chi connectivity index (χ0n) is 15.5. The van der Waals surface area contributed by atoms with Crippen molar-refractivity contribution in [2.24, 2.45) is 0 Å². The van der Waals surface area contributed by atoms with Crippen molar-refractivity contribution in [2.75, 3.05) is 6.54 Å². The van der Waals surface area contributed by atoms with E-state index in [4.69, 9.17) is 27.6 Å². The first-order valence-electron chi connectivity index (χ1n) is 8.74. The number of halogens is 3. The third-order valence-electron chi connectivity index (χ3n) is 4.14. The average Bonchev–Trinajstić information content (AvgIpc) is 3.23. The summed E-state index contributed by atoms with van der Waals surface area (Å²) in [6, 6.07) is 12.7. The first-order valence-corrected chi connectivity index (χ1v) is 10.9. The van der Waals surface area contributed by atoms with Gasteiger partial charge in [-0.1, -0.05) is 35.3 Å². The van der Waals surface area contributed by atoms with Crippen LogP contribution in [-0.2, 0) is 27.9 Å². The Morgan fingerprint density at radius 1 is 1.10 bits per heavy atom. The van der Waals surface area contributed by atoms with Crippen LogP contribution < -0.4 is 5.32 Å². The number of nitrogens with one attached hydrogen (secondary N) is 1. The quantitative estimate of drug-likeness (QED) is 0.533. The lowest BCUT2D eigenvalue weighted by Crippen LogP contribution is -2.40. The van der Waals surface area contributed by atoms with Gasteiger partial charge in [0.15, 0.2) is 0 Å². The molecule has 10 heteroatoms. The van der Waals surface area contributed by atoms with Crippen LogP contribution in [0, 0.1) is 5.82 Å². The van der Waals surface area contributed by atoms with Gasteiger partial charge in [0.2, 0.25) is 15.9 Å². The molecule has 1 aromatic heterocycles. The third-order valence-corrected chi connectivity index (χ3v) is 6.65. The van der Waals surface area contributed by atoms with Gasteiger partial charge in [-0.15, -0.1) is 0 Å². The number of hydrogen-bond acceptors (Lipinski definition) is 4. The maximum absolute atomic E-state index is 13.3. The summed E-state index contributed by atoms with van der Waals surface area (Å²) in [5.74, 6) is -0.480. The maximum Gasteiger partial charge on any atom is 0.245 e. The Bertz CT molecular complexity index is 1120. The summed E-state index contributed by atoms with van der Waals surface area (Å²) in [5.41, 5.74) is 0.497. The van der Waals surface area contributed by atoms with Gasteiger partial charge in [0.05, 0.1) is 24.4 Å². The summed E-state index contributed by atoms with van der Waals surface area (Å²) in [7, 11) is -4.19. The Morgan fingerprint density at radius 3 is 2.50 bits per heavy atom. The Kier molecular flexibility index (Phi) is 7.14. The summed E-state index contributed by atoms with van der Waals surface area (Å²) in [6.45, 7) is -0.545. The molecule has 0 radical (unpaired) electrons. The highest BCUT2D eigenvalue weighted by atomic mass is 35.5. The molecule has 2 aromatic carbocycles. The molecule has 0 bridgehead atoms. The number of benzene rings is 2. The van der Waals surface area contributed by atoms with Crippen LogP contribution in [0.5, 0.6) is 0 Å². The molecule has 3 aromatic rings. The molecule has 0 aliphatic carbocycles. The van der Waals surface area contributed by atoms with E-state index >= 15 is 0 Å². The number of sulfonamides is 1. The van der Waals surface area contributed by atoms with E-state index in [-0.39, 0.29) is 28.0 Å². The SMILES string of the molecule is O=C(CN(Cc1ccc(F)cc1)S(=O)(=O)c1cc(Cl)ccc1Cl)NCc1ccco1. The Labute approximate surface area is 183 Å². The molecule has 0 unspecified atom stereocenters. The molecule has 158 valence electrons. The van der Waals surface area contributed by atoms with Gasteiger partial charge in [-0.2, -0.15) is 4.31 Å². The highest BCUT2D eigenvalue weighted by Gasteiger charge is 2.29. The maximum atomic E-state index is 13.3. The molecule has 0 aliphatic rings. The molecule has 3 rings (SSSR count). The van der Waals surface area contributed by atoms with Gasteiger partial charge in [0, 0.05) is 11.6 Å². The molecule has 0 saturated heterocycles. The lowest BCUT2D eigenvalue weighted by molar-refractivity contribution is -0.121. The van der Waals surface area contributed by atoms with E-state index < -0.39 is 28.3 Å². The van der Waals surface area contributed by atoms with Crippen LogP contribution in [0.25, 0.3) is 0 Å². The molecule has 6 nitrogen and oxygen atoms in total. The average molecular weight is 471 g/mol. The fourth-order valence-corrected chi connectivity index (χ4v) is 4.77. The minimum atomic E-state index is -4.19. The van der Waals surface area contributed by atoms with E-state index in [1.165, 1.54) is 48.7 Å². The van der Waals surface area contributed by atoms with Gasteiger partial charge in [-0.3, -0.25) is 4.79 Å². The van der Waals surface area contributed by atoms with Gasteiger partial charge in [0.25, 0.3) is 0 Å². The normalized spacial score (nSPS) is 11.6. The lowest BCUT2D eigenvalue weighted by Gasteiger charge is -2.22. The molecule has 1 amide bonds. The first kappa shape index (κ1) is 22.3. The summed E-state index contributed by atoms with van der Waals surface area (Å²) in [5, 5.41) is 2.76. The third kappa shape index (κ3) is 5.60. The first-order chi connectivity index (χ1) is 14.3. The lowest BCUT2D eigenvalue weighted by atomic mass is 10.2. The van der Waals surface area contributed by atoms with Crippen molar-refractivity contribution < 1.29 is 22.0 Å². The minimum absolute atomic E-state index is 0.0282. The van der Waals surface area contributed by atoms with Crippen molar-refractivity contribution in [3.63, 3.8) is 0 Å². The minimum Gasteiger partial charge on any atom is -0.467 e. The van der Waals surface area contributed by atoms with Crippen LogP contribution >= 0.6 is 23.2 Å². The van der Waals surface area contributed by atoms with E-state index in [0.717, 1.165) is 4.31 Å². The second kappa shape index (κ2) is 9.61. The van der Waals surface area contributed by atoms with E-state index in [2.05, 4.69) is 5.32 Å². The molecule has 30 heavy (non-hydrogen) atoms. The number of furan rings is 1. The highest BCUT2D eigenvalue weighted by Crippen LogP contribution is 2.28. The number of nitrogens with zero attached hydrogens (tertiary/aromatic N) is 1. The smallest absolute Gasteiger partial charge is 0.245 e. The van der Waals surface area contributed by atoms with E-state index in [1.807, 2.05) is 0 Å². The fraction of sp³-hybridized carbons (Fsp3) is 0.150. The van der Waals surface area contributed by atoms with Crippen LogP contribution in [0.15, 0.2) is 70.2 Å². The number of hydrogen-bond donors (Lipinski definition) is 1. The summed E-state index contributed by atoms with van der Waals surface area (Å²) < 4.78 is 45.8. The molecule has 0 fully saturated rings. The monoisotopic (exact) mass is 470 g/mol. The zero-order valence-corrected chi connectivity index (χ0v) is 17.8. The van der Waals surface area contributed by atoms with Gasteiger partial charge in [-0.25, -0.2) is 12.8 Å². The van der Waals surface area contributed by atoms with Crippen molar-refractivity contribution in [3.05, 3.63) is 88.0 Å². The Hall–Kier alpha value is -2.39. The molecule has 1 heterocycles. The molecule has 0 aliphatic heterocycles. The van der Waals surface area contributed by atoms with Crippen molar-refractivity contribution in [2.45, 2.75) is 18.0 Å². The van der Waals surface area contributed by atoms with Gasteiger partial charge >= 0.3 is 0 Å². The van der Waals surface area contributed by atoms with E-state index in [0.29, 0.717) is 11.3 Å². The summed E-state index contributed by atoms with van der Waals surface area (Å²) in [6.07, 6.45) is 1.47. The number of carbonyl (C=O) groups excluding carboxylic acids is 1. The summed E-state index contributed by atoms with van der Waals surface area (Å²) >= 11 is 12.0. The molecule has 0 spiro atoms. The standard InChI is InChI=1S/C20H17Cl2FN2O4S/c21-15-5-8-18(22)19(10-15)30(27,28)25(12-14-3-6-16(23)7-4-14)13-20(26)24-11-17-2-1-9-29-17/h1-10H,11-13H2,(H,24,26). The number of carbonyl (C=O) groups is 1. The molecule has 1 N–H and O–H groups in total. The topological polar surface area (TPSA) is 79.6 Å². The molecule has 0 saturated carbocycles. The van der Waals surface area contributed by atoms with Crippen molar-refractivity contribution in [1.29, 1.82) is 0 Å². The van der Waals surface area contributed by atoms with E-state index in [9.17, 15) is 17.6 Å². The van der Waals surface area contributed by atoms with E-state index in [1.54, 1.807) is 12.1 Å². The Morgan fingerprint density at radius 2 is 1.83 bits per heavy atom. The largest absolute Gasteiger partial charge is 0.467 e. The van der Waals surface area contributed by atoms with Crippen molar-refractivity contribution in [3.8, 4) is 0 Å². The second-order valence-electron chi connectivity index (χ2n) is 6.33. The van der Waals surface area contributed by atoms with Gasteiger partial charge in [-0.05, 0) is 48.0 Å². The van der Waals surface area contributed by atoms with Gasteiger partial charge < -0.3 is 9.73 Å². The summed E-state index contributed by atoms with van der Waals surface area (Å²) in [4.78, 5) is 12.2. The molecular formula is C20H17Cl2FN2O4S. The van der Waals surface area contributed by atoms with Crippen LogP contribution in [0.3, 0.4) is 0 Å². The number of rotatable bonds is 8. The van der Waals surface area contributed by atoms with Crippen LogP contribution in [0.4, 0.5) is 4.39 Å². The van der Waals surface area contributed by atoms with Crippen molar-refractivity contribution >= 4 is 39.1 Å². The van der Waals surface area contributed by atoms with Crippen LogP contribution in [0.2, 0.25) is 10.0 Å². The highest BCUT2D eigenvalue weighted by molar-refractivity contribution is 7.89. The predicted molar refractivity (Wildman–Crippen MR) is 111 cm³/mol. The predicted octanol–water partition coefficient (Wildman–Crippen LogP) is 4.23. The van der Waals surface area contributed by atoms with Crippen LogP contribution in [-0.4, -0.2) is 25.2 Å². The Balaban J connectivity index is 1.86. The number of amides is 1. The van der Waals surface area contributed by atoms with Crippen molar-refractivity contribution in [1.82, 2.24) is 9.62 Å². The fourth-order valence-electron chi connectivity index (χ4n) is 2.65. The second-order valence-corrected chi connectivity index (χ2v) is 9.08. The molecule has 0 atom stereocenters.